The van der Waals surface area contributed by atoms with Crippen LogP contribution in [0.25, 0.3) is 0 Å². The van der Waals surface area contributed by atoms with Crippen LogP contribution in [0.5, 0.6) is 11.5 Å². The van der Waals surface area contributed by atoms with Crippen molar-refractivity contribution in [1.82, 2.24) is 0 Å². The van der Waals surface area contributed by atoms with E-state index in [0.717, 1.165) is 5.56 Å². The minimum atomic E-state index is -0.941. The molecule has 1 aliphatic heterocycles. The molecule has 0 saturated heterocycles. The molecule has 6 nitrogen and oxygen atoms in total. The number of ether oxygens (including phenoxy) is 3. The van der Waals surface area contributed by atoms with E-state index in [-0.39, 0.29) is 13.2 Å². The first kappa shape index (κ1) is 12.7. The quantitative estimate of drug-likeness (QED) is 0.814. The van der Waals surface area contributed by atoms with E-state index in [4.69, 9.17) is 25.1 Å². The maximum Gasteiger partial charge on any atom is 0.305 e. The van der Waals surface area contributed by atoms with Crippen LogP contribution in [0.2, 0.25) is 0 Å². The van der Waals surface area contributed by atoms with Gasteiger partial charge in [-0.05, 0) is 11.6 Å². The van der Waals surface area contributed by atoms with Crippen molar-refractivity contribution in [3.8, 4) is 11.5 Å². The summed E-state index contributed by atoms with van der Waals surface area (Å²) in [5, 5.41) is 8.79. The normalized spacial score (nSPS) is 14.6. The number of fused-ring (bicyclic) bond motifs is 1. The molecule has 0 spiro atoms. The number of carbonyl (C=O) groups is 1. The Morgan fingerprint density at radius 1 is 1.56 bits per heavy atom. The fraction of sp³-hybridized carbons (Fsp3) is 0.417. The van der Waals surface area contributed by atoms with Crippen molar-refractivity contribution >= 4 is 5.97 Å². The molecule has 2 rings (SSSR count). The summed E-state index contributed by atoms with van der Waals surface area (Å²) >= 11 is 0. The number of carboxylic acid groups (broad SMARTS) is 1. The number of benzene rings is 1. The van der Waals surface area contributed by atoms with Crippen LogP contribution in [-0.4, -0.2) is 25.0 Å². The zero-order valence-electron chi connectivity index (χ0n) is 10.0. The molecule has 0 bridgehead atoms. The standard InChI is InChI=1S/C12H15NO5/c1-16-5-8-7(9(13)4-11(14)15)2-3-10-12(8)18-6-17-10/h2-3,9H,4-6,13H2,1H3,(H,14,15). The largest absolute Gasteiger partial charge is 0.481 e. The van der Waals surface area contributed by atoms with Crippen LogP contribution >= 0.6 is 0 Å². The van der Waals surface area contributed by atoms with Crippen LogP contribution in [-0.2, 0) is 16.1 Å². The maximum atomic E-state index is 10.7. The zero-order valence-corrected chi connectivity index (χ0v) is 10.0. The first-order chi connectivity index (χ1) is 8.63. The highest BCUT2D eigenvalue weighted by Crippen LogP contribution is 2.39. The van der Waals surface area contributed by atoms with E-state index in [2.05, 4.69) is 0 Å². The van der Waals surface area contributed by atoms with Gasteiger partial charge in [0.25, 0.3) is 0 Å². The van der Waals surface area contributed by atoms with Gasteiger partial charge in [-0.1, -0.05) is 6.07 Å². The molecule has 1 atom stereocenters. The van der Waals surface area contributed by atoms with Gasteiger partial charge in [0.15, 0.2) is 11.5 Å². The smallest absolute Gasteiger partial charge is 0.305 e. The predicted molar refractivity (Wildman–Crippen MR) is 62.5 cm³/mol. The highest BCUT2D eigenvalue weighted by molar-refractivity contribution is 5.68. The van der Waals surface area contributed by atoms with Gasteiger partial charge in [-0.15, -0.1) is 0 Å². The first-order valence-electron chi connectivity index (χ1n) is 5.51. The summed E-state index contributed by atoms with van der Waals surface area (Å²) in [6.07, 6.45) is -0.143. The molecule has 0 radical (unpaired) electrons. The molecule has 18 heavy (non-hydrogen) atoms. The Kier molecular flexibility index (Phi) is 3.69. The Hall–Kier alpha value is -1.79. The zero-order chi connectivity index (χ0) is 13.1. The first-order valence-corrected chi connectivity index (χ1v) is 5.51. The Balaban J connectivity index is 2.37. The molecule has 3 N–H and O–H groups in total. The molecular weight excluding hydrogens is 238 g/mol. The van der Waals surface area contributed by atoms with E-state index in [9.17, 15) is 4.79 Å². The molecule has 1 aliphatic rings. The van der Waals surface area contributed by atoms with Gasteiger partial charge in [0.05, 0.1) is 13.0 Å². The number of hydrogen-bond donors (Lipinski definition) is 2. The van der Waals surface area contributed by atoms with Gasteiger partial charge in [-0.2, -0.15) is 0 Å². The van der Waals surface area contributed by atoms with Gasteiger partial charge >= 0.3 is 5.97 Å². The topological polar surface area (TPSA) is 91.0 Å². The molecule has 1 aromatic rings. The molecule has 0 amide bonds. The van der Waals surface area contributed by atoms with E-state index in [1.807, 2.05) is 0 Å². The van der Waals surface area contributed by atoms with Gasteiger partial charge in [0.2, 0.25) is 6.79 Å². The van der Waals surface area contributed by atoms with Crippen molar-refractivity contribution in [1.29, 1.82) is 0 Å². The average molecular weight is 253 g/mol. The summed E-state index contributed by atoms with van der Waals surface area (Å²) in [5.74, 6) is 0.284. The van der Waals surface area contributed by atoms with Crippen molar-refractivity contribution in [2.45, 2.75) is 19.1 Å². The molecule has 98 valence electrons. The molecular formula is C12H15NO5. The summed E-state index contributed by atoms with van der Waals surface area (Å²) in [6, 6.07) is 2.90. The van der Waals surface area contributed by atoms with Crippen molar-refractivity contribution in [2.24, 2.45) is 5.73 Å². The van der Waals surface area contributed by atoms with Gasteiger partial charge < -0.3 is 25.1 Å². The Bertz CT molecular complexity index is 460. The van der Waals surface area contributed by atoms with E-state index in [1.165, 1.54) is 0 Å². The van der Waals surface area contributed by atoms with Crippen LogP contribution in [0.4, 0.5) is 0 Å². The monoisotopic (exact) mass is 253 g/mol. The maximum absolute atomic E-state index is 10.7. The number of aliphatic carboxylic acids is 1. The Morgan fingerprint density at radius 3 is 3.00 bits per heavy atom. The number of hydrogen-bond acceptors (Lipinski definition) is 5. The van der Waals surface area contributed by atoms with Crippen molar-refractivity contribution in [3.63, 3.8) is 0 Å². The highest BCUT2D eigenvalue weighted by Gasteiger charge is 2.24. The van der Waals surface area contributed by atoms with Crippen LogP contribution in [0.3, 0.4) is 0 Å². The molecule has 0 aromatic heterocycles. The van der Waals surface area contributed by atoms with Crippen molar-refractivity contribution in [2.75, 3.05) is 13.9 Å². The second-order valence-corrected chi connectivity index (χ2v) is 4.00. The fourth-order valence-electron chi connectivity index (χ4n) is 1.98. The summed E-state index contributed by atoms with van der Waals surface area (Å²) in [7, 11) is 1.56. The van der Waals surface area contributed by atoms with Crippen LogP contribution in [0, 0.1) is 0 Å². The molecule has 0 saturated carbocycles. The lowest BCUT2D eigenvalue weighted by Gasteiger charge is -2.16. The minimum absolute atomic E-state index is 0.143. The van der Waals surface area contributed by atoms with E-state index < -0.39 is 12.0 Å². The summed E-state index contributed by atoms with van der Waals surface area (Å²) in [5.41, 5.74) is 7.35. The third-order valence-electron chi connectivity index (χ3n) is 2.76. The minimum Gasteiger partial charge on any atom is -0.481 e. The molecule has 6 heteroatoms. The number of methoxy groups -OCH3 is 1. The van der Waals surface area contributed by atoms with E-state index in [1.54, 1.807) is 19.2 Å². The molecule has 1 unspecified atom stereocenters. The van der Waals surface area contributed by atoms with Gasteiger partial charge in [-0.25, -0.2) is 0 Å². The number of carboxylic acids is 1. The molecule has 1 heterocycles. The Morgan fingerprint density at radius 2 is 2.33 bits per heavy atom. The lowest BCUT2D eigenvalue weighted by Crippen LogP contribution is -2.17. The van der Waals surface area contributed by atoms with Gasteiger partial charge in [0, 0.05) is 18.7 Å². The van der Waals surface area contributed by atoms with Crippen molar-refractivity contribution in [3.05, 3.63) is 23.3 Å². The second-order valence-electron chi connectivity index (χ2n) is 4.00. The van der Waals surface area contributed by atoms with Crippen LogP contribution < -0.4 is 15.2 Å². The van der Waals surface area contributed by atoms with Crippen LogP contribution in [0.1, 0.15) is 23.6 Å². The predicted octanol–water partition coefficient (Wildman–Crippen LogP) is 1.04. The molecule has 1 aromatic carbocycles. The Labute approximate surface area is 104 Å². The lowest BCUT2D eigenvalue weighted by atomic mass is 9.97. The number of rotatable bonds is 5. The lowest BCUT2D eigenvalue weighted by molar-refractivity contribution is -0.137. The average Bonchev–Trinajstić information content (AvgIpc) is 2.77. The highest BCUT2D eigenvalue weighted by atomic mass is 16.7. The van der Waals surface area contributed by atoms with E-state index in [0.29, 0.717) is 23.7 Å². The third kappa shape index (κ3) is 2.39. The summed E-state index contributed by atoms with van der Waals surface area (Å²) < 4.78 is 15.7. The van der Waals surface area contributed by atoms with Crippen LogP contribution in [0.15, 0.2) is 12.1 Å². The van der Waals surface area contributed by atoms with Gasteiger partial charge in [0.1, 0.15) is 0 Å². The SMILES string of the molecule is COCc1c(C(N)CC(=O)O)ccc2c1OCO2. The second kappa shape index (κ2) is 5.24. The summed E-state index contributed by atoms with van der Waals surface area (Å²) in [6.45, 7) is 0.457. The van der Waals surface area contributed by atoms with Crippen molar-refractivity contribution < 1.29 is 24.1 Å². The number of nitrogens with two attached hydrogens (primary N) is 1. The molecule has 0 aliphatic carbocycles. The third-order valence-corrected chi connectivity index (χ3v) is 2.76. The van der Waals surface area contributed by atoms with E-state index >= 15 is 0 Å². The van der Waals surface area contributed by atoms with Gasteiger partial charge in [-0.3, -0.25) is 4.79 Å². The fourth-order valence-corrected chi connectivity index (χ4v) is 1.98. The molecule has 0 fully saturated rings. The summed E-state index contributed by atoms with van der Waals surface area (Å²) in [4.78, 5) is 10.7.